The Kier molecular flexibility index (Phi) is 5.26. The van der Waals surface area contributed by atoms with E-state index < -0.39 is 0 Å². The monoisotopic (exact) mass is 279 g/mol. The molecule has 0 aromatic heterocycles. The number of hydrogen-bond donors (Lipinski definition) is 1. The van der Waals surface area contributed by atoms with Gasteiger partial charge in [0.25, 0.3) is 0 Å². The number of hydrogen-bond acceptors (Lipinski definition) is 4. The maximum atomic E-state index is 5.82. The second-order valence-electron chi connectivity index (χ2n) is 5.15. The largest absolute Gasteiger partial charge is 0.493 e. The third-order valence-corrected chi connectivity index (χ3v) is 4.17. The molecule has 0 amide bonds. The van der Waals surface area contributed by atoms with Gasteiger partial charge in [0.15, 0.2) is 11.5 Å². The quantitative estimate of drug-likeness (QED) is 0.869. The minimum absolute atomic E-state index is 0.280. The summed E-state index contributed by atoms with van der Waals surface area (Å²) in [5.41, 5.74) is 1.22. The molecule has 4 nitrogen and oxygen atoms in total. The van der Waals surface area contributed by atoms with Gasteiger partial charge in [-0.25, -0.2) is 0 Å². The van der Waals surface area contributed by atoms with Gasteiger partial charge in [0.1, 0.15) is 0 Å². The molecule has 3 unspecified atom stereocenters. The van der Waals surface area contributed by atoms with Crippen molar-refractivity contribution in [3.05, 3.63) is 23.8 Å². The van der Waals surface area contributed by atoms with Crippen LogP contribution in [-0.2, 0) is 4.74 Å². The van der Waals surface area contributed by atoms with Crippen LogP contribution in [-0.4, -0.2) is 34.0 Å². The van der Waals surface area contributed by atoms with Gasteiger partial charge in [0.05, 0.1) is 20.3 Å². The fourth-order valence-corrected chi connectivity index (χ4v) is 3.14. The molecule has 3 atom stereocenters. The summed E-state index contributed by atoms with van der Waals surface area (Å²) in [6.45, 7) is 3.04. The van der Waals surface area contributed by atoms with E-state index in [9.17, 15) is 0 Å². The van der Waals surface area contributed by atoms with Crippen molar-refractivity contribution in [1.82, 2.24) is 5.32 Å². The van der Waals surface area contributed by atoms with Gasteiger partial charge in [0.2, 0.25) is 0 Å². The van der Waals surface area contributed by atoms with Crippen molar-refractivity contribution in [1.29, 1.82) is 0 Å². The van der Waals surface area contributed by atoms with Crippen molar-refractivity contribution in [2.75, 3.05) is 27.9 Å². The van der Waals surface area contributed by atoms with Gasteiger partial charge >= 0.3 is 0 Å². The first-order valence-corrected chi connectivity index (χ1v) is 7.25. The molecule has 1 aromatic rings. The van der Waals surface area contributed by atoms with E-state index in [2.05, 4.69) is 24.4 Å². The van der Waals surface area contributed by atoms with Crippen LogP contribution in [0.25, 0.3) is 0 Å². The molecule has 0 radical (unpaired) electrons. The van der Waals surface area contributed by atoms with Crippen LogP contribution in [0.3, 0.4) is 0 Å². The second kappa shape index (κ2) is 6.95. The van der Waals surface area contributed by atoms with Gasteiger partial charge in [-0.05, 0) is 37.6 Å². The molecule has 0 spiro atoms. The molecule has 20 heavy (non-hydrogen) atoms. The zero-order chi connectivity index (χ0) is 14.5. The third kappa shape index (κ3) is 2.91. The first-order valence-electron chi connectivity index (χ1n) is 7.25. The fourth-order valence-electron chi connectivity index (χ4n) is 3.14. The molecule has 0 aliphatic carbocycles. The Morgan fingerprint density at radius 1 is 1.30 bits per heavy atom. The molecule has 1 aliphatic rings. The lowest BCUT2D eigenvalue weighted by atomic mass is 9.86. The molecule has 4 heteroatoms. The highest BCUT2D eigenvalue weighted by Crippen LogP contribution is 2.37. The van der Waals surface area contributed by atoms with E-state index >= 15 is 0 Å². The third-order valence-electron chi connectivity index (χ3n) is 4.17. The van der Waals surface area contributed by atoms with Gasteiger partial charge in [-0.3, -0.25) is 0 Å². The van der Waals surface area contributed by atoms with Crippen molar-refractivity contribution in [3.63, 3.8) is 0 Å². The maximum Gasteiger partial charge on any atom is 0.161 e. The van der Waals surface area contributed by atoms with Crippen LogP contribution in [0.2, 0.25) is 0 Å². The van der Waals surface area contributed by atoms with Crippen LogP contribution in [0.1, 0.15) is 31.4 Å². The van der Waals surface area contributed by atoms with Crippen LogP contribution in [0.5, 0.6) is 11.5 Å². The number of rotatable bonds is 6. The van der Waals surface area contributed by atoms with Gasteiger partial charge < -0.3 is 19.5 Å². The minimum Gasteiger partial charge on any atom is -0.493 e. The first kappa shape index (κ1) is 15.1. The molecule has 1 aliphatic heterocycles. The van der Waals surface area contributed by atoms with Crippen LogP contribution in [0, 0.1) is 5.92 Å². The van der Waals surface area contributed by atoms with E-state index in [1.54, 1.807) is 14.2 Å². The maximum absolute atomic E-state index is 5.82. The number of benzene rings is 1. The highest BCUT2D eigenvalue weighted by Gasteiger charge is 2.34. The normalized spacial score (nSPS) is 23.6. The summed E-state index contributed by atoms with van der Waals surface area (Å²) in [6.07, 6.45) is 2.48. The molecular weight excluding hydrogens is 254 g/mol. The average molecular weight is 279 g/mol. The predicted molar refractivity (Wildman–Crippen MR) is 79.5 cm³/mol. The van der Waals surface area contributed by atoms with E-state index in [0.717, 1.165) is 30.9 Å². The van der Waals surface area contributed by atoms with Crippen LogP contribution in [0.15, 0.2) is 18.2 Å². The zero-order valence-corrected chi connectivity index (χ0v) is 12.8. The predicted octanol–water partition coefficient (Wildman–Crippen LogP) is 2.78. The Balaban J connectivity index is 2.27. The molecule has 1 N–H and O–H groups in total. The molecular formula is C16H25NO3. The minimum atomic E-state index is 0.280. The standard InChI is InChI=1S/C16H25NO3/c1-5-13-12(8-9-20-13)16(17-2)11-6-7-14(18-3)15(10-11)19-4/h6-7,10,12-13,16-17H,5,8-9H2,1-4H3. The number of methoxy groups -OCH3 is 2. The van der Waals surface area contributed by atoms with Crippen LogP contribution < -0.4 is 14.8 Å². The lowest BCUT2D eigenvalue weighted by Gasteiger charge is -2.27. The van der Waals surface area contributed by atoms with Gasteiger partial charge in [-0.2, -0.15) is 0 Å². The van der Waals surface area contributed by atoms with E-state index in [4.69, 9.17) is 14.2 Å². The molecule has 112 valence electrons. The summed E-state index contributed by atoms with van der Waals surface area (Å²) in [5.74, 6) is 2.04. The van der Waals surface area contributed by atoms with Crippen molar-refractivity contribution < 1.29 is 14.2 Å². The van der Waals surface area contributed by atoms with Gasteiger partial charge in [0, 0.05) is 18.6 Å². The fraction of sp³-hybridized carbons (Fsp3) is 0.625. The first-order chi connectivity index (χ1) is 9.74. The smallest absolute Gasteiger partial charge is 0.161 e. The topological polar surface area (TPSA) is 39.7 Å². The van der Waals surface area contributed by atoms with Gasteiger partial charge in [-0.1, -0.05) is 13.0 Å². The Labute approximate surface area is 121 Å². The summed E-state index contributed by atoms with van der Waals surface area (Å²) in [7, 11) is 5.33. The van der Waals surface area contributed by atoms with E-state index in [1.807, 2.05) is 13.1 Å². The van der Waals surface area contributed by atoms with Crippen molar-refractivity contribution >= 4 is 0 Å². The summed E-state index contributed by atoms with van der Waals surface area (Å²) >= 11 is 0. The second-order valence-corrected chi connectivity index (χ2v) is 5.15. The van der Waals surface area contributed by atoms with E-state index in [0.29, 0.717) is 12.0 Å². The average Bonchev–Trinajstić information content (AvgIpc) is 2.96. The lowest BCUT2D eigenvalue weighted by Crippen LogP contribution is -2.30. The lowest BCUT2D eigenvalue weighted by molar-refractivity contribution is 0.0782. The molecule has 1 fully saturated rings. The van der Waals surface area contributed by atoms with Crippen LogP contribution >= 0.6 is 0 Å². The molecule has 1 heterocycles. The van der Waals surface area contributed by atoms with E-state index in [-0.39, 0.29) is 6.04 Å². The molecule has 0 saturated carbocycles. The highest BCUT2D eigenvalue weighted by molar-refractivity contribution is 5.44. The van der Waals surface area contributed by atoms with Crippen LogP contribution in [0.4, 0.5) is 0 Å². The Morgan fingerprint density at radius 2 is 2.05 bits per heavy atom. The number of ether oxygens (including phenoxy) is 3. The zero-order valence-electron chi connectivity index (χ0n) is 12.8. The van der Waals surface area contributed by atoms with Crippen molar-refractivity contribution in [2.24, 2.45) is 5.92 Å². The Bertz CT molecular complexity index is 436. The summed E-state index contributed by atoms with van der Waals surface area (Å²) in [5, 5.41) is 3.44. The highest BCUT2D eigenvalue weighted by atomic mass is 16.5. The van der Waals surface area contributed by atoms with Crippen molar-refractivity contribution in [2.45, 2.75) is 31.9 Å². The van der Waals surface area contributed by atoms with Gasteiger partial charge in [-0.15, -0.1) is 0 Å². The molecule has 1 aromatic carbocycles. The summed E-state index contributed by atoms with van der Waals surface area (Å²) in [4.78, 5) is 0. The Morgan fingerprint density at radius 3 is 2.65 bits per heavy atom. The molecule has 0 bridgehead atoms. The Hall–Kier alpha value is -1.26. The molecule has 2 rings (SSSR count). The SMILES string of the molecule is CCC1OCCC1C(NC)c1ccc(OC)c(OC)c1. The number of nitrogens with one attached hydrogen (secondary N) is 1. The molecule has 1 saturated heterocycles. The summed E-state index contributed by atoms with van der Waals surface area (Å²) in [6, 6.07) is 6.41. The van der Waals surface area contributed by atoms with Crippen molar-refractivity contribution in [3.8, 4) is 11.5 Å². The van der Waals surface area contributed by atoms with E-state index in [1.165, 1.54) is 5.56 Å². The summed E-state index contributed by atoms with van der Waals surface area (Å²) < 4.78 is 16.5.